The number of pyridine rings is 1. The second-order valence-corrected chi connectivity index (χ2v) is 5.91. The van der Waals surface area contributed by atoms with Crippen molar-refractivity contribution in [2.75, 3.05) is 26.7 Å². The van der Waals surface area contributed by atoms with E-state index in [1.165, 1.54) is 10.6 Å². The molecule has 0 bridgehead atoms. The fourth-order valence-electron chi connectivity index (χ4n) is 2.47. The van der Waals surface area contributed by atoms with Crippen LogP contribution in [0.2, 0.25) is 0 Å². The van der Waals surface area contributed by atoms with Gasteiger partial charge in [0.15, 0.2) is 5.56 Å². The number of hydrogen-bond acceptors (Lipinski definition) is 5. The van der Waals surface area contributed by atoms with E-state index in [-0.39, 0.29) is 5.56 Å². The Morgan fingerprint density at radius 1 is 1.42 bits per heavy atom. The van der Waals surface area contributed by atoms with Crippen LogP contribution in [0.25, 0.3) is 5.65 Å². The number of nitrogens with one attached hydrogen (secondary N) is 1. The molecule has 24 heavy (non-hydrogen) atoms. The van der Waals surface area contributed by atoms with Gasteiger partial charge in [-0.05, 0) is 38.6 Å². The highest BCUT2D eigenvalue weighted by molar-refractivity contribution is 5.96. The molecule has 0 spiro atoms. The number of aromatic nitrogens is 2. The molecule has 0 unspecified atom stereocenters. The van der Waals surface area contributed by atoms with Crippen LogP contribution < -0.4 is 10.9 Å². The maximum atomic E-state index is 12.5. The summed E-state index contributed by atoms with van der Waals surface area (Å²) in [7, 11) is 1.98. The summed E-state index contributed by atoms with van der Waals surface area (Å²) in [6, 6.07) is 3.49. The second kappa shape index (κ2) is 7.92. The first-order chi connectivity index (χ1) is 11.5. The molecule has 7 heteroatoms. The molecule has 2 rings (SSSR count). The Labute approximate surface area is 140 Å². The van der Waals surface area contributed by atoms with Gasteiger partial charge >= 0.3 is 0 Å². The summed E-state index contributed by atoms with van der Waals surface area (Å²) < 4.78 is 1.28. The molecule has 0 aliphatic rings. The van der Waals surface area contributed by atoms with Crippen LogP contribution in [0.4, 0.5) is 0 Å². The topological polar surface area (TPSA) is 86.9 Å². The minimum Gasteiger partial charge on any atom is -0.493 e. The minimum absolute atomic E-state index is 0.325. The molecule has 0 fully saturated rings. The van der Waals surface area contributed by atoms with E-state index in [0.717, 1.165) is 24.9 Å². The van der Waals surface area contributed by atoms with E-state index in [0.29, 0.717) is 18.7 Å². The molecule has 0 radical (unpaired) electrons. The van der Waals surface area contributed by atoms with Crippen LogP contribution in [0, 0.1) is 6.92 Å². The molecule has 2 heterocycles. The number of nitrogens with zero attached hydrogens (tertiary/aromatic N) is 3. The van der Waals surface area contributed by atoms with Crippen LogP contribution in [0.3, 0.4) is 0 Å². The van der Waals surface area contributed by atoms with Crippen LogP contribution in [-0.4, -0.2) is 52.0 Å². The van der Waals surface area contributed by atoms with Gasteiger partial charge in [-0.3, -0.25) is 14.0 Å². The summed E-state index contributed by atoms with van der Waals surface area (Å²) in [6.07, 6.45) is 3.75. The van der Waals surface area contributed by atoms with Crippen molar-refractivity contribution in [2.24, 2.45) is 0 Å². The van der Waals surface area contributed by atoms with Gasteiger partial charge in [-0.25, -0.2) is 0 Å². The average Bonchev–Trinajstić information content (AvgIpc) is 2.54. The Kier molecular flexibility index (Phi) is 5.92. The lowest BCUT2D eigenvalue weighted by Gasteiger charge is -2.16. The van der Waals surface area contributed by atoms with E-state index >= 15 is 0 Å². The summed E-state index contributed by atoms with van der Waals surface area (Å²) in [4.78, 5) is 30.8. The summed E-state index contributed by atoms with van der Waals surface area (Å²) >= 11 is 0. The molecule has 0 atom stereocenters. The van der Waals surface area contributed by atoms with Crippen LogP contribution >= 0.6 is 0 Å². The van der Waals surface area contributed by atoms with E-state index in [9.17, 15) is 14.7 Å². The Balaban J connectivity index is 2.14. The predicted molar refractivity (Wildman–Crippen MR) is 92.6 cm³/mol. The number of unbranched alkanes of at least 4 members (excludes halogenated alkanes) is 1. The van der Waals surface area contributed by atoms with E-state index in [2.05, 4.69) is 22.1 Å². The van der Waals surface area contributed by atoms with Crippen molar-refractivity contribution in [3.63, 3.8) is 0 Å². The highest BCUT2D eigenvalue weighted by atomic mass is 16.3. The zero-order valence-electron chi connectivity index (χ0n) is 14.4. The fraction of sp³-hybridized carbons (Fsp3) is 0.471. The molecule has 1 amide bonds. The smallest absolute Gasteiger partial charge is 0.274 e. The summed E-state index contributed by atoms with van der Waals surface area (Å²) in [6.45, 7) is 5.94. The van der Waals surface area contributed by atoms with E-state index in [4.69, 9.17) is 0 Å². The monoisotopic (exact) mass is 332 g/mol. The summed E-state index contributed by atoms with van der Waals surface area (Å²) in [5.41, 5.74) is 0.192. The molecule has 2 N–H and O–H groups in total. The van der Waals surface area contributed by atoms with E-state index < -0.39 is 17.3 Å². The van der Waals surface area contributed by atoms with Crippen molar-refractivity contribution in [2.45, 2.75) is 26.7 Å². The van der Waals surface area contributed by atoms with Crippen LogP contribution in [0.5, 0.6) is 5.88 Å². The largest absolute Gasteiger partial charge is 0.493 e. The Morgan fingerprint density at radius 3 is 2.88 bits per heavy atom. The first-order valence-corrected chi connectivity index (χ1v) is 8.13. The number of aromatic hydroxyl groups is 1. The minimum atomic E-state index is -0.607. The maximum absolute atomic E-state index is 12.5. The standard InChI is InChI=1S/C17H24N4O3/c1-4-5-9-20(3)11-8-18-15(22)13-16(23)19-14-12(2)7-6-10-21(14)17(13)24/h6-7,10,23H,4-5,8-9,11H2,1-3H3,(H,18,22). The Morgan fingerprint density at radius 2 is 2.17 bits per heavy atom. The Hall–Kier alpha value is -2.41. The van der Waals surface area contributed by atoms with E-state index in [1.54, 1.807) is 19.1 Å². The van der Waals surface area contributed by atoms with Gasteiger partial charge in [0, 0.05) is 19.3 Å². The molecule has 2 aromatic heterocycles. The van der Waals surface area contributed by atoms with Crippen molar-refractivity contribution in [3.8, 4) is 5.88 Å². The molecular formula is C17H24N4O3. The predicted octanol–water partition coefficient (Wildman–Crippen LogP) is 1.17. The second-order valence-electron chi connectivity index (χ2n) is 5.91. The van der Waals surface area contributed by atoms with Gasteiger partial charge in [0.05, 0.1) is 0 Å². The third kappa shape index (κ3) is 3.91. The number of hydrogen-bond donors (Lipinski definition) is 2. The number of amides is 1. The number of carbonyl (C=O) groups is 1. The quantitative estimate of drug-likeness (QED) is 0.795. The SMILES string of the molecule is CCCCN(C)CCNC(=O)c1c(O)nc2c(C)cccn2c1=O. The van der Waals surface area contributed by atoms with Gasteiger partial charge in [-0.1, -0.05) is 19.4 Å². The van der Waals surface area contributed by atoms with Crippen molar-refractivity contribution in [1.82, 2.24) is 19.6 Å². The van der Waals surface area contributed by atoms with Gasteiger partial charge in [0.1, 0.15) is 5.65 Å². The Bertz CT molecular complexity index is 785. The highest BCUT2D eigenvalue weighted by Crippen LogP contribution is 2.13. The van der Waals surface area contributed by atoms with Crippen LogP contribution in [-0.2, 0) is 0 Å². The third-order valence-corrected chi connectivity index (χ3v) is 3.93. The highest BCUT2D eigenvalue weighted by Gasteiger charge is 2.20. The lowest BCUT2D eigenvalue weighted by atomic mass is 10.2. The lowest BCUT2D eigenvalue weighted by Crippen LogP contribution is -2.36. The van der Waals surface area contributed by atoms with E-state index in [1.807, 2.05) is 7.05 Å². The molecule has 7 nitrogen and oxygen atoms in total. The lowest BCUT2D eigenvalue weighted by molar-refractivity contribution is 0.0944. The molecule has 0 saturated carbocycles. The van der Waals surface area contributed by atoms with Crippen LogP contribution in [0.15, 0.2) is 23.1 Å². The zero-order chi connectivity index (χ0) is 17.7. The number of carbonyl (C=O) groups excluding carboxylic acids is 1. The van der Waals surface area contributed by atoms with Crippen LogP contribution in [0.1, 0.15) is 35.7 Å². The van der Waals surface area contributed by atoms with Crippen molar-refractivity contribution >= 4 is 11.6 Å². The molecule has 130 valence electrons. The number of aryl methyl sites for hydroxylation is 1. The van der Waals surface area contributed by atoms with Gasteiger partial charge in [0.2, 0.25) is 5.88 Å². The van der Waals surface area contributed by atoms with Crippen molar-refractivity contribution < 1.29 is 9.90 Å². The summed E-state index contributed by atoms with van der Waals surface area (Å²) in [5, 5.41) is 12.7. The number of rotatable bonds is 7. The third-order valence-electron chi connectivity index (χ3n) is 3.93. The van der Waals surface area contributed by atoms with Gasteiger partial charge in [0.25, 0.3) is 11.5 Å². The van der Waals surface area contributed by atoms with Gasteiger partial charge in [-0.15, -0.1) is 0 Å². The van der Waals surface area contributed by atoms with Crippen molar-refractivity contribution in [3.05, 3.63) is 39.8 Å². The summed E-state index contributed by atoms with van der Waals surface area (Å²) in [5.74, 6) is -1.14. The molecule has 0 aromatic carbocycles. The molecule has 0 saturated heterocycles. The molecule has 0 aliphatic heterocycles. The zero-order valence-corrected chi connectivity index (χ0v) is 14.4. The normalized spacial score (nSPS) is 11.2. The average molecular weight is 332 g/mol. The fourth-order valence-corrected chi connectivity index (χ4v) is 2.47. The maximum Gasteiger partial charge on any atom is 0.274 e. The molecule has 2 aromatic rings. The van der Waals surface area contributed by atoms with Gasteiger partial charge < -0.3 is 15.3 Å². The number of fused-ring (bicyclic) bond motifs is 1. The molecule has 0 aliphatic carbocycles. The van der Waals surface area contributed by atoms with Gasteiger partial charge in [-0.2, -0.15) is 4.98 Å². The first kappa shape index (κ1) is 17.9. The number of likely N-dealkylation sites (N-methyl/N-ethyl adjacent to an activating group) is 1. The molecular weight excluding hydrogens is 308 g/mol. The van der Waals surface area contributed by atoms with Crippen molar-refractivity contribution in [1.29, 1.82) is 0 Å². The first-order valence-electron chi connectivity index (χ1n) is 8.13.